The minimum Gasteiger partial charge on any atom is -0.334 e. The van der Waals surface area contributed by atoms with Gasteiger partial charge in [-0.15, -0.1) is 11.8 Å². The molecule has 0 saturated carbocycles. The zero-order valence-electron chi connectivity index (χ0n) is 18.3. The summed E-state index contributed by atoms with van der Waals surface area (Å²) in [6.07, 6.45) is 2.46. The van der Waals surface area contributed by atoms with Crippen molar-refractivity contribution in [3.63, 3.8) is 0 Å². The highest BCUT2D eigenvalue weighted by Gasteiger charge is 2.18. The van der Waals surface area contributed by atoms with Crippen molar-refractivity contribution in [1.29, 1.82) is 0 Å². The Labute approximate surface area is 194 Å². The maximum Gasteiger partial charge on any atom is 0.227 e. The summed E-state index contributed by atoms with van der Waals surface area (Å²) in [6, 6.07) is 37.1. The van der Waals surface area contributed by atoms with Gasteiger partial charge in [-0.1, -0.05) is 103 Å². The molecule has 0 heterocycles. The lowest BCUT2D eigenvalue weighted by Crippen LogP contribution is -2.31. The van der Waals surface area contributed by atoms with Gasteiger partial charge in [0.1, 0.15) is 0 Å². The fraction of sp³-hybridized carbons (Fsp3) is 0.138. The minimum absolute atomic E-state index is 0.131. The molecule has 3 heteroatoms. The summed E-state index contributed by atoms with van der Waals surface area (Å²) in [5, 5.41) is 0. The molecule has 4 rings (SSSR count). The molecular formula is C29H27NOS. The Hall–Kier alpha value is -3.30. The fourth-order valence-corrected chi connectivity index (χ4v) is 4.53. The van der Waals surface area contributed by atoms with Crippen LogP contribution < -0.4 is 0 Å². The first-order chi connectivity index (χ1) is 15.7. The highest BCUT2D eigenvalue weighted by atomic mass is 32.2. The molecule has 160 valence electrons. The molecule has 0 aliphatic heterocycles. The van der Waals surface area contributed by atoms with Gasteiger partial charge in [-0.3, -0.25) is 4.79 Å². The lowest BCUT2D eigenvalue weighted by molar-refractivity contribution is -0.131. The average molecular weight is 438 g/mol. The molecule has 0 aliphatic rings. The number of rotatable bonds is 8. The number of benzene rings is 4. The summed E-state index contributed by atoms with van der Waals surface area (Å²) >= 11 is 1.73. The highest BCUT2D eigenvalue weighted by molar-refractivity contribution is 7.98. The van der Waals surface area contributed by atoms with Crippen molar-refractivity contribution >= 4 is 17.7 Å². The van der Waals surface area contributed by atoms with Crippen molar-refractivity contribution < 1.29 is 4.79 Å². The molecule has 0 aromatic heterocycles. The summed E-state index contributed by atoms with van der Waals surface area (Å²) in [6.45, 7) is 1.19. The second-order valence-corrected chi connectivity index (χ2v) is 8.60. The van der Waals surface area contributed by atoms with Crippen molar-refractivity contribution in [2.45, 2.75) is 24.4 Å². The Morgan fingerprint density at radius 3 is 1.75 bits per heavy atom. The lowest BCUT2D eigenvalue weighted by Gasteiger charge is -2.24. The quantitative estimate of drug-likeness (QED) is 0.281. The van der Waals surface area contributed by atoms with Crippen LogP contribution in [0.5, 0.6) is 0 Å². The van der Waals surface area contributed by atoms with E-state index in [4.69, 9.17) is 0 Å². The molecule has 0 radical (unpaired) electrons. The first-order valence-electron chi connectivity index (χ1n) is 10.8. The van der Waals surface area contributed by atoms with Gasteiger partial charge in [0.05, 0.1) is 6.42 Å². The molecule has 4 aromatic rings. The molecule has 4 aromatic carbocycles. The SMILES string of the molecule is CSc1ccccc1-c1ccccc1CC(=O)N(Cc1ccccc1)Cc1ccccc1. The van der Waals surface area contributed by atoms with E-state index in [9.17, 15) is 4.79 Å². The zero-order chi connectivity index (χ0) is 22.2. The number of carbonyl (C=O) groups is 1. The van der Waals surface area contributed by atoms with Gasteiger partial charge in [-0.2, -0.15) is 0 Å². The van der Waals surface area contributed by atoms with E-state index in [-0.39, 0.29) is 5.91 Å². The van der Waals surface area contributed by atoms with Crippen LogP contribution in [0.2, 0.25) is 0 Å². The molecule has 1 amide bonds. The summed E-state index contributed by atoms with van der Waals surface area (Å²) in [5.41, 5.74) is 5.65. The maximum absolute atomic E-state index is 13.6. The summed E-state index contributed by atoms with van der Waals surface area (Å²) in [7, 11) is 0. The smallest absolute Gasteiger partial charge is 0.227 e. The van der Waals surface area contributed by atoms with Crippen LogP contribution in [0.15, 0.2) is 114 Å². The third-order valence-corrected chi connectivity index (χ3v) is 6.34. The Morgan fingerprint density at radius 2 is 1.16 bits per heavy atom. The normalized spacial score (nSPS) is 10.7. The molecule has 2 nitrogen and oxygen atoms in total. The van der Waals surface area contributed by atoms with Crippen LogP contribution in [0, 0.1) is 0 Å². The number of amides is 1. The van der Waals surface area contributed by atoms with Crippen molar-refractivity contribution in [3.8, 4) is 11.1 Å². The number of hydrogen-bond donors (Lipinski definition) is 0. The van der Waals surface area contributed by atoms with E-state index in [1.807, 2.05) is 53.4 Å². The monoisotopic (exact) mass is 437 g/mol. The second kappa shape index (κ2) is 10.8. The van der Waals surface area contributed by atoms with Crippen LogP contribution in [-0.4, -0.2) is 17.1 Å². The average Bonchev–Trinajstić information content (AvgIpc) is 2.85. The van der Waals surface area contributed by atoms with Crippen LogP contribution in [0.25, 0.3) is 11.1 Å². The topological polar surface area (TPSA) is 20.3 Å². The summed E-state index contributed by atoms with van der Waals surface area (Å²) in [5.74, 6) is 0.131. The van der Waals surface area contributed by atoms with Crippen molar-refractivity contribution in [3.05, 3.63) is 126 Å². The van der Waals surface area contributed by atoms with Gasteiger partial charge >= 0.3 is 0 Å². The number of hydrogen-bond acceptors (Lipinski definition) is 2. The third kappa shape index (κ3) is 5.49. The van der Waals surface area contributed by atoms with Gasteiger partial charge in [0.25, 0.3) is 0 Å². The predicted molar refractivity (Wildman–Crippen MR) is 135 cm³/mol. The highest BCUT2D eigenvalue weighted by Crippen LogP contribution is 2.32. The molecule has 0 atom stereocenters. The maximum atomic E-state index is 13.6. The zero-order valence-corrected chi connectivity index (χ0v) is 19.1. The number of thioether (sulfide) groups is 1. The van der Waals surface area contributed by atoms with E-state index in [1.165, 1.54) is 10.5 Å². The summed E-state index contributed by atoms with van der Waals surface area (Å²) in [4.78, 5) is 16.8. The van der Waals surface area contributed by atoms with E-state index in [0.29, 0.717) is 19.5 Å². The molecule has 0 aliphatic carbocycles. The Kier molecular flexibility index (Phi) is 7.42. The van der Waals surface area contributed by atoms with E-state index >= 15 is 0 Å². The Bertz CT molecular complexity index is 1120. The second-order valence-electron chi connectivity index (χ2n) is 7.76. The van der Waals surface area contributed by atoms with Crippen LogP contribution in [0.4, 0.5) is 0 Å². The predicted octanol–water partition coefficient (Wildman–Crippen LogP) is 6.85. The van der Waals surface area contributed by atoms with Crippen molar-refractivity contribution in [1.82, 2.24) is 4.90 Å². The largest absolute Gasteiger partial charge is 0.334 e. The van der Waals surface area contributed by atoms with Crippen LogP contribution in [0.1, 0.15) is 16.7 Å². The van der Waals surface area contributed by atoms with Gasteiger partial charge in [-0.25, -0.2) is 0 Å². The Balaban J connectivity index is 1.62. The minimum atomic E-state index is 0.131. The summed E-state index contributed by atoms with van der Waals surface area (Å²) < 4.78 is 0. The van der Waals surface area contributed by atoms with Crippen molar-refractivity contribution in [2.75, 3.05) is 6.26 Å². The van der Waals surface area contributed by atoms with Gasteiger partial charge in [0, 0.05) is 18.0 Å². The van der Waals surface area contributed by atoms with E-state index in [0.717, 1.165) is 22.3 Å². The van der Waals surface area contributed by atoms with E-state index < -0.39 is 0 Å². The van der Waals surface area contributed by atoms with Gasteiger partial charge < -0.3 is 4.90 Å². The van der Waals surface area contributed by atoms with E-state index in [2.05, 4.69) is 66.9 Å². The van der Waals surface area contributed by atoms with Crippen LogP contribution in [-0.2, 0) is 24.3 Å². The molecule has 32 heavy (non-hydrogen) atoms. The van der Waals surface area contributed by atoms with Crippen LogP contribution >= 0.6 is 11.8 Å². The molecule has 0 spiro atoms. The molecular weight excluding hydrogens is 410 g/mol. The van der Waals surface area contributed by atoms with Gasteiger partial charge in [0.2, 0.25) is 5.91 Å². The molecule has 0 bridgehead atoms. The lowest BCUT2D eigenvalue weighted by atomic mass is 9.97. The molecule has 0 fully saturated rings. The van der Waals surface area contributed by atoms with Crippen LogP contribution in [0.3, 0.4) is 0 Å². The van der Waals surface area contributed by atoms with Crippen molar-refractivity contribution in [2.24, 2.45) is 0 Å². The number of nitrogens with zero attached hydrogens (tertiary/aromatic N) is 1. The molecule has 0 unspecified atom stereocenters. The fourth-order valence-electron chi connectivity index (χ4n) is 3.92. The number of carbonyl (C=O) groups excluding carboxylic acids is 1. The first kappa shape index (κ1) is 21.9. The standard InChI is InChI=1S/C29H27NOS/c1-32-28-19-11-10-18-27(28)26-17-9-8-16-25(26)20-29(31)30(21-23-12-4-2-5-13-23)22-24-14-6-3-7-15-24/h2-19H,20-22H2,1H3. The Morgan fingerprint density at radius 1 is 0.656 bits per heavy atom. The molecule has 0 saturated heterocycles. The van der Waals surface area contributed by atoms with Gasteiger partial charge in [0.15, 0.2) is 0 Å². The van der Waals surface area contributed by atoms with Gasteiger partial charge in [-0.05, 0) is 40.1 Å². The van der Waals surface area contributed by atoms with E-state index in [1.54, 1.807) is 11.8 Å². The first-order valence-corrected chi connectivity index (χ1v) is 12.0. The molecule has 0 N–H and O–H groups in total. The third-order valence-electron chi connectivity index (χ3n) is 5.54.